The predicted octanol–water partition coefficient (Wildman–Crippen LogP) is 3.04. The number of piperazine rings is 1. The third kappa shape index (κ3) is 4.08. The number of benzene rings is 1. The lowest BCUT2D eigenvalue weighted by Gasteiger charge is -2.43. The number of halogens is 1. The molecule has 1 aromatic rings. The van der Waals surface area contributed by atoms with E-state index in [1.54, 1.807) is 23.1 Å². The maximum Gasteiger partial charge on any atom is 0.241 e. The van der Waals surface area contributed by atoms with E-state index in [1.807, 2.05) is 6.07 Å². The van der Waals surface area contributed by atoms with Crippen molar-refractivity contribution in [1.29, 1.82) is 0 Å². The molecule has 5 nitrogen and oxygen atoms in total. The Balaban J connectivity index is 1.57. The van der Waals surface area contributed by atoms with Crippen LogP contribution < -0.4 is 4.90 Å². The number of hydrogen-bond acceptors (Lipinski definition) is 4. The van der Waals surface area contributed by atoms with Gasteiger partial charge in [0.05, 0.1) is 24.1 Å². The quantitative estimate of drug-likeness (QED) is 0.718. The van der Waals surface area contributed by atoms with Crippen molar-refractivity contribution in [2.45, 2.75) is 44.2 Å². The Morgan fingerprint density at radius 1 is 1.15 bits per heavy atom. The molecule has 2 fully saturated rings. The number of carbonyl (C=O) groups is 1. The molecule has 0 unspecified atom stereocenters. The predicted molar refractivity (Wildman–Crippen MR) is 108 cm³/mol. The monoisotopic (exact) mass is 408 g/mol. The maximum absolute atomic E-state index is 13.0. The van der Waals surface area contributed by atoms with Crippen LogP contribution in [0.25, 0.3) is 0 Å². The minimum Gasteiger partial charge on any atom is -0.306 e. The van der Waals surface area contributed by atoms with Crippen LogP contribution in [0, 0.1) is 0 Å². The number of carbonyl (C=O) groups excluding carboxylic acids is 1. The van der Waals surface area contributed by atoms with Crippen molar-refractivity contribution in [3.63, 3.8) is 0 Å². The zero-order valence-electron chi connectivity index (χ0n) is 15.3. The minimum atomic E-state index is -3.16. The van der Waals surface area contributed by atoms with Crippen LogP contribution in [0.3, 0.4) is 0 Å². The van der Waals surface area contributed by atoms with Gasteiger partial charge in [-0.05, 0) is 50.3 Å². The summed E-state index contributed by atoms with van der Waals surface area (Å²) in [5.74, 6) is 0.101. The van der Waals surface area contributed by atoms with Crippen molar-refractivity contribution >= 4 is 33.0 Å². The van der Waals surface area contributed by atoms with E-state index in [1.165, 1.54) is 18.4 Å². The average molecular weight is 409 g/mol. The normalized spacial score (nSPS) is 28.1. The van der Waals surface area contributed by atoms with Crippen LogP contribution in [0.15, 0.2) is 35.9 Å². The summed E-state index contributed by atoms with van der Waals surface area (Å²) in [6, 6.07) is 6.64. The van der Waals surface area contributed by atoms with Crippen LogP contribution in [0.4, 0.5) is 5.69 Å². The number of hydrogen-bond donors (Lipinski definition) is 0. The van der Waals surface area contributed by atoms with Crippen molar-refractivity contribution < 1.29 is 13.2 Å². The van der Waals surface area contributed by atoms with Gasteiger partial charge < -0.3 is 4.90 Å². The van der Waals surface area contributed by atoms with E-state index in [-0.39, 0.29) is 36.0 Å². The number of sulfone groups is 1. The molecule has 0 spiro atoms. The summed E-state index contributed by atoms with van der Waals surface area (Å²) in [5, 5.41) is 0.546. The number of nitrogens with zero attached hydrogens (tertiary/aromatic N) is 2. The second-order valence-electron chi connectivity index (χ2n) is 7.78. The first-order valence-corrected chi connectivity index (χ1v) is 11.8. The average Bonchev–Trinajstić information content (AvgIpc) is 2.95. The topological polar surface area (TPSA) is 57.7 Å². The Hall–Kier alpha value is -1.37. The third-order valence-electron chi connectivity index (χ3n) is 5.89. The lowest BCUT2D eigenvalue weighted by atomic mass is 9.96. The fraction of sp³-hybridized carbons (Fsp3) is 0.550. The second kappa shape index (κ2) is 7.57. The molecule has 2 aliphatic heterocycles. The summed E-state index contributed by atoms with van der Waals surface area (Å²) in [6.45, 7) is 1.01. The van der Waals surface area contributed by atoms with Gasteiger partial charge in [-0.15, -0.1) is 0 Å². The molecule has 27 heavy (non-hydrogen) atoms. The largest absolute Gasteiger partial charge is 0.306 e. The van der Waals surface area contributed by atoms with Crippen LogP contribution in [0.1, 0.15) is 32.1 Å². The van der Waals surface area contributed by atoms with E-state index in [9.17, 15) is 13.2 Å². The SMILES string of the molecule is O=C1CN(CCC2=CCCCC2)[C@@H]2CS(=O)(=O)C[C@@H]2N1c1cccc(Cl)c1. The van der Waals surface area contributed by atoms with Crippen molar-refractivity contribution in [2.75, 3.05) is 29.5 Å². The van der Waals surface area contributed by atoms with Gasteiger partial charge in [0.25, 0.3) is 0 Å². The highest BCUT2D eigenvalue weighted by atomic mass is 35.5. The number of anilines is 1. The van der Waals surface area contributed by atoms with Gasteiger partial charge in [0, 0.05) is 23.3 Å². The second-order valence-corrected chi connectivity index (χ2v) is 10.4. The van der Waals surface area contributed by atoms with Gasteiger partial charge in [0.1, 0.15) is 0 Å². The Morgan fingerprint density at radius 2 is 1.96 bits per heavy atom. The maximum atomic E-state index is 13.0. The fourth-order valence-electron chi connectivity index (χ4n) is 4.58. The van der Waals surface area contributed by atoms with Crippen LogP contribution in [-0.4, -0.2) is 55.9 Å². The molecule has 0 aromatic heterocycles. The number of allylic oxidation sites excluding steroid dienone is 1. The number of fused-ring (bicyclic) bond motifs is 1. The Labute approximate surface area is 165 Å². The van der Waals surface area contributed by atoms with Gasteiger partial charge in [-0.1, -0.05) is 29.3 Å². The van der Waals surface area contributed by atoms with Gasteiger partial charge in [-0.25, -0.2) is 8.42 Å². The van der Waals surface area contributed by atoms with Crippen LogP contribution >= 0.6 is 11.6 Å². The van der Waals surface area contributed by atoms with Crippen LogP contribution in [0.2, 0.25) is 5.02 Å². The van der Waals surface area contributed by atoms with Crippen molar-refractivity contribution in [3.8, 4) is 0 Å². The summed E-state index contributed by atoms with van der Waals surface area (Å²) in [7, 11) is -3.16. The first-order valence-electron chi connectivity index (χ1n) is 9.63. The van der Waals surface area contributed by atoms with Gasteiger partial charge in [-0.3, -0.25) is 9.69 Å². The molecule has 2 saturated heterocycles. The van der Waals surface area contributed by atoms with E-state index in [4.69, 9.17) is 11.6 Å². The molecule has 2 atom stereocenters. The Bertz CT molecular complexity index is 868. The molecule has 2 heterocycles. The van der Waals surface area contributed by atoms with Gasteiger partial charge in [0.15, 0.2) is 9.84 Å². The lowest BCUT2D eigenvalue weighted by Crippen LogP contribution is -2.62. The summed E-state index contributed by atoms with van der Waals surface area (Å²) < 4.78 is 24.8. The van der Waals surface area contributed by atoms with Crippen molar-refractivity contribution in [3.05, 3.63) is 40.9 Å². The Kier molecular flexibility index (Phi) is 5.32. The zero-order chi connectivity index (χ0) is 19.0. The highest BCUT2D eigenvalue weighted by Gasteiger charge is 2.49. The molecule has 3 aliphatic rings. The van der Waals surface area contributed by atoms with E-state index in [2.05, 4.69) is 11.0 Å². The highest BCUT2D eigenvalue weighted by Crippen LogP contribution is 2.33. The van der Waals surface area contributed by atoms with Gasteiger partial charge >= 0.3 is 0 Å². The van der Waals surface area contributed by atoms with E-state index in [0.717, 1.165) is 25.8 Å². The molecule has 0 radical (unpaired) electrons. The molecule has 4 rings (SSSR count). The molecule has 1 aliphatic carbocycles. The Morgan fingerprint density at radius 3 is 2.70 bits per heavy atom. The zero-order valence-corrected chi connectivity index (χ0v) is 16.9. The molecular weight excluding hydrogens is 384 g/mol. The van der Waals surface area contributed by atoms with Gasteiger partial charge in [-0.2, -0.15) is 0 Å². The molecule has 1 aromatic carbocycles. The third-order valence-corrected chi connectivity index (χ3v) is 7.83. The highest BCUT2D eigenvalue weighted by molar-refractivity contribution is 7.91. The standard InChI is InChI=1S/C20H25ClN2O3S/c21-16-7-4-8-17(11-16)23-19-14-27(25,26)13-18(19)22(12-20(23)24)10-9-15-5-2-1-3-6-15/h4-5,7-8,11,18-19H,1-3,6,9-10,12-14H2/t18-,19+/m1/s1. The van der Waals surface area contributed by atoms with Crippen molar-refractivity contribution in [2.24, 2.45) is 0 Å². The molecule has 146 valence electrons. The van der Waals surface area contributed by atoms with E-state index >= 15 is 0 Å². The summed E-state index contributed by atoms with van der Waals surface area (Å²) in [5.41, 5.74) is 2.14. The molecule has 7 heteroatoms. The molecule has 0 N–H and O–H groups in total. The molecular formula is C20H25ClN2O3S. The van der Waals surface area contributed by atoms with Crippen molar-refractivity contribution in [1.82, 2.24) is 4.90 Å². The smallest absolute Gasteiger partial charge is 0.241 e. The molecule has 0 saturated carbocycles. The number of rotatable bonds is 4. The summed E-state index contributed by atoms with van der Waals surface area (Å²) in [6.07, 6.45) is 7.99. The first-order chi connectivity index (χ1) is 12.9. The van der Waals surface area contributed by atoms with E-state index < -0.39 is 9.84 Å². The summed E-state index contributed by atoms with van der Waals surface area (Å²) in [4.78, 5) is 16.7. The fourth-order valence-corrected chi connectivity index (χ4v) is 6.75. The van der Waals surface area contributed by atoms with E-state index in [0.29, 0.717) is 10.7 Å². The van der Waals surface area contributed by atoms with Gasteiger partial charge in [0.2, 0.25) is 5.91 Å². The van der Waals surface area contributed by atoms with Crippen LogP contribution in [0.5, 0.6) is 0 Å². The van der Waals surface area contributed by atoms with Crippen LogP contribution in [-0.2, 0) is 14.6 Å². The minimum absolute atomic E-state index is 0.0229. The first kappa shape index (κ1) is 19.0. The number of amides is 1. The summed E-state index contributed by atoms with van der Waals surface area (Å²) >= 11 is 6.10. The molecule has 0 bridgehead atoms. The lowest BCUT2D eigenvalue weighted by molar-refractivity contribution is -0.123. The molecule has 1 amide bonds.